The van der Waals surface area contributed by atoms with Crippen molar-refractivity contribution in [1.82, 2.24) is 0 Å². The molecule has 0 aromatic heterocycles. The van der Waals surface area contributed by atoms with E-state index in [1.54, 1.807) is 0 Å². The van der Waals surface area contributed by atoms with Gasteiger partial charge in [-0.25, -0.2) is 0 Å². The summed E-state index contributed by atoms with van der Waals surface area (Å²) in [6, 6.07) is 0. The summed E-state index contributed by atoms with van der Waals surface area (Å²) in [5.74, 6) is 0. The van der Waals surface area contributed by atoms with Gasteiger partial charge in [-0.15, -0.1) is 0 Å². The Morgan fingerprint density at radius 2 is 0.286 bits per heavy atom. The largest absolute Gasteiger partial charge is 4.00 e. The SMILES string of the molecule is [P-3].[P-3].[P-3].[P-3].[Pu+4].[Pu+4].[Pu+4]. The minimum absolute atomic E-state index is 0. The number of hydrogen-bond acceptors (Lipinski definition) is 0. The molecule has 0 atom stereocenters. The summed E-state index contributed by atoms with van der Waals surface area (Å²) in [5.41, 5.74) is 0. The molecule has 0 spiro atoms. The summed E-state index contributed by atoms with van der Waals surface area (Å²) < 4.78 is 0. The van der Waals surface area contributed by atoms with E-state index in [0.717, 1.165) is 0 Å². The maximum atomic E-state index is 0. The predicted octanol–water partition coefficient (Wildman–Crippen LogP) is 3.44. The van der Waals surface area contributed by atoms with E-state index in [2.05, 4.69) is 0 Å². The third kappa shape index (κ3) is 36.7. The van der Waals surface area contributed by atoms with Crippen molar-refractivity contribution in [2.75, 3.05) is 0 Å². The van der Waals surface area contributed by atoms with E-state index in [1.165, 1.54) is 0 Å². The van der Waals surface area contributed by atoms with Crippen molar-refractivity contribution in [2.24, 2.45) is 0 Å². The van der Waals surface area contributed by atoms with Gasteiger partial charge in [-0.05, 0) is 0 Å². The first-order chi connectivity index (χ1) is 0. The summed E-state index contributed by atoms with van der Waals surface area (Å²) in [7, 11) is 0. The van der Waals surface area contributed by atoms with Gasteiger partial charge in [0.25, 0.3) is 0 Å². The summed E-state index contributed by atoms with van der Waals surface area (Å²) in [6.45, 7) is 0. The van der Waals surface area contributed by atoms with Gasteiger partial charge in [0.05, 0.1) is 0 Å². The zero-order valence-corrected chi connectivity index (χ0v) is 16.8. The van der Waals surface area contributed by atoms with Crippen molar-refractivity contribution < 1.29 is 87.5 Å². The summed E-state index contributed by atoms with van der Waals surface area (Å²) in [4.78, 5) is 0. The van der Waals surface area contributed by atoms with E-state index in [-0.39, 0.29) is 127 Å². The Balaban J connectivity index is 0. The number of hydrogen-bond donors (Lipinski definition) is 0. The summed E-state index contributed by atoms with van der Waals surface area (Å²) >= 11 is 0. The van der Waals surface area contributed by atoms with Gasteiger partial charge in [-0.2, -0.15) is 0 Å². The fourth-order valence-electron chi connectivity index (χ4n) is 0. The zero-order chi connectivity index (χ0) is 0. The molecule has 0 fully saturated rings. The Bertz CT molecular complexity index is 6.90. The third-order valence-corrected chi connectivity index (χ3v) is 0. The molecule has 0 saturated carbocycles. The van der Waals surface area contributed by atoms with Crippen LogP contribution in [0.15, 0.2) is 0 Å². The van der Waals surface area contributed by atoms with Crippen LogP contribution in [0.1, 0.15) is 0 Å². The van der Waals surface area contributed by atoms with Crippen LogP contribution in [0.3, 0.4) is 0 Å². The molecular formula is P4Pu3. The van der Waals surface area contributed by atoms with Gasteiger partial charge < -0.3 is 39.6 Å². The Morgan fingerprint density at radius 3 is 0.286 bits per heavy atom. The molecule has 0 bridgehead atoms. The molecule has 0 heterocycles. The Kier molecular flexibility index (Phi) is 397. The Morgan fingerprint density at radius 1 is 0.286 bits per heavy atom. The fraction of sp³-hybridized carbons (Fsp3) is 0. The average molecular weight is 856 g/mol. The minimum Gasteiger partial charge on any atom is -3.00 e. The van der Waals surface area contributed by atoms with Gasteiger partial charge in [-0.3, -0.25) is 0 Å². The molecule has 0 amide bonds. The average Bonchev–Trinajstić information content (AvgIpc) is 0. The second kappa shape index (κ2) is 45.7. The first-order valence-corrected chi connectivity index (χ1v) is 0. The van der Waals surface area contributed by atoms with Crippen LogP contribution < -0.4 is 0 Å². The van der Waals surface area contributed by atoms with Crippen LogP contribution >= 0.6 is 39.6 Å². The minimum atomic E-state index is 0. The van der Waals surface area contributed by atoms with Crippen LogP contribution in [-0.4, -0.2) is 0 Å². The van der Waals surface area contributed by atoms with Crippen LogP contribution in [0.4, 0.5) is 0 Å². The molecule has 0 aromatic rings. The maximum absolute atomic E-state index is 0. The molecule has 0 radical (unpaired) electrons. The zero-order valence-electron chi connectivity index (χ0n) is 3.01. The molecule has 0 saturated heterocycles. The van der Waals surface area contributed by atoms with E-state index in [9.17, 15) is 0 Å². The predicted molar refractivity (Wildman–Crippen MR) is 27.7 cm³/mol. The Labute approximate surface area is 125 Å². The topological polar surface area (TPSA) is 0 Å². The molecule has 0 unspecified atom stereocenters. The second-order valence-corrected chi connectivity index (χ2v) is 0. The van der Waals surface area contributed by atoms with Crippen molar-refractivity contribution >= 4 is 39.6 Å². The van der Waals surface area contributed by atoms with E-state index in [1.807, 2.05) is 0 Å². The molecule has 38 valence electrons. The van der Waals surface area contributed by atoms with Crippen LogP contribution in [-0.2, 0) is 0 Å². The van der Waals surface area contributed by atoms with E-state index < -0.39 is 0 Å². The first-order valence-electron chi connectivity index (χ1n) is 0. The van der Waals surface area contributed by atoms with Crippen molar-refractivity contribution in [3.8, 4) is 0 Å². The van der Waals surface area contributed by atoms with Gasteiger partial charge in [-0.1, -0.05) is 0 Å². The molecule has 7 heavy (non-hydrogen) atoms. The van der Waals surface area contributed by atoms with Gasteiger partial charge in [0, 0.05) is 0 Å². The summed E-state index contributed by atoms with van der Waals surface area (Å²) in [5, 5.41) is 0. The van der Waals surface area contributed by atoms with Crippen molar-refractivity contribution in [3.05, 3.63) is 0 Å². The van der Waals surface area contributed by atoms with Crippen molar-refractivity contribution in [1.29, 1.82) is 0 Å². The van der Waals surface area contributed by atoms with E-state index >= 15 is 0 Å². The van der Waals surface area contributed by atoms with Gasteiger partial charge in [0.2, 0.25) is 0 Å². The van der Waals surface area contributed by atoms with Crippen LogP contribution in [0, 0.1) is 87.5 Å². The molecule has 0 rings (SSSR count). The van der Waals surface area contributed by atoms with Gasteiger partial charge in [0.15, 0.2) is 0 Å². The smallest absolute Gasteiger partial charge is 3.00 e. The Hall–Kier alpha value is 4.68. The molecule has 0 aliphatic carbocycles. The van der Waals surface area contributed by atoms with Crippen LogP contribution in [0.25, 0.3) is 0 Å². The van der Waals surface area contributed by atoms with Gasteiger partial charge >= 0.3 is 87.5 Å². The normalized spacial score (nSPS) is 0. The van der Waals surface area contributed by atoms with E-state index in [4.69, 9.17) is 0 Å². The monoisotopic (exact) mass is 838 g/mol. The molecular weight excluding hydrogens is 856 g/mol. The van der Waals surface area contributed by atoms with Gasteiger partial charge in [0.1, 0.15) is 0 Å². The first kappa shape index (κ1) is 60.8. The molecule has 0 nitrogen and oxygen atoms in total. The standard InChI is InChI=1S/4P.3Pu/q4*-3;3*+4. The molecule has 0 aliphatic heterocycles. The second-order valence-electron chi connectivity index (χ2n) is 0. The number of rotatable bonds is 0. The van der Waals surface area contributed by atoms with E-state index in [0.29, 0.717) is 0 Å². The molecule has 0 aromatic carbocycles. The maximum Gasteiger partial charge on any atom is 4.00 e. The molecule has 0 aliphatic rings. The fourth-order valence-corrected chi connectivity index (χ4v) is 0. The molecule has 7 heteroatoms. The molecule has 0 N–H and O–H groups in total. The van der Waals surface area contributed by atoms with Crippen LogP contribution in [0.5, 0.6) is 0 Å². The van der Waals surface area contributed by atoms with Crippen molar-refractivity contribution in [2.45, 2.75) is 0 Å². The quantitative estimate of drug-likeness (QED) is 0.328. The van der Waals surface area contributed by atoms with Crippen molar-refractivity contribution in [3.63, 3.8) is 0 Å². The summed E-state index contributed by atoms with van der Waals surface area (Å²) in [6.07, 6.45) is 0. The van der Waals surface area contributed by atoms with Crippen LogP contribution in [0.2, 0.25) is 0 Å². The third-order valence-electron chi connectivity index (χ3n) is 0.